The van der Waals surface area contributed by atoms with Gasteiger partial charge in [0.05, 0.1) is 6.04 Å². The molecule has 4 N–H and O–H groups in total. The van der Waals surface area contributed by atoms with Gasteiger partial charge in [0.1, 0.15) is 12.4 Å². The molecule has 18 heavy (non-hydrogen) atoms. The van der Waals surface area contributed by atoms with E-state index >= 15 is 0 Å². The summed E-state index contributed by atoms with van der Waals surface area (Å²) in [5.41, 5.74) is 4.84. The van der Waals surface area contributed by atoms with Crippen molar-refractivity contribution in [2.24, 2.45) is 5.73 Å². The Bertz CT molecular complexity index is 395. The van der Waals surface area contributed by atoms with E-state index in [1.165, 1.54) is 0 Å². The normalized spacial score (nSPS) is 11.6. The molecule has 0 spiro atoms. The molecule has 0 aromatic heterocycles. The van der Waals surface area contributed by atoms with Crippen LogP contribution in [-0.2, 0) is 4.79 Å². The molecule has 98 valence electrons. The fourth-order valence-electron chi connectivity index (χ4n) is 1.28. The van der Waals surface area contributed by atoms with Crippen molar-refractivity contribution in [3.8, 4) is 5.75 Å². The van der Waals surface area contributed by atoms with E-state index in [1.807, 2.05) is 35.6 Å². The Hall–Kier alpha value is -2.08. The number of para-hydroxylation sites is 1. The van der Waals surface area contributed by atoms with Gasteiger partial charge in [0.25, 0.3) is 0 Å². The molecule has 0 radical (unpaired) electrons. The molecule has 0 saturated carbocycles. The van der Waals surface area contributed by atoms with Crippen LogP contribution in [0.5, 0.6) is 5.75 Å². The molecule has 1 aromatic rings. The lowest BCUT2D eigenvalue weighted by Gasteiger charge is -2.12. The summed E-state index contributed by atoms with van der Waals surface area (Å²) in [6, 6.07) is 8.01. The molecule has 0 aliphatic heterocycles. The SMILES string of the molecule is CC(NCCOc1ccccc1)C(=O)NC(N)=O. The zero-order chi connectivity index (χ0) is 13.4. The first-order chi connectivity index (χ1) is 8.59. The number of nitrogens with two attached hydrogens (primary N) is 1. The number of imide groups is 1. The molecule has 0 bridgehead atoms. The molecule has 6 nitrogen and oxygen atoms in total. The monoisotopic (exact) mass is 251 g/mol. The molecule has 1 aromatic carbocycles. The zero-order valence-corrected chi connectivity index (χ0v) is 10.2. The van der Waals surface area contributed by atoms with E-state index in [-0.39, 0.29) is 0 Å². The summed E-state index contributed by atoms with van der Waals surface area (Å²) in [6.07, 6.45) is 0. The number of ether oxygens (including phenoxy) is 1. The molecule has 1 atom stereocenters. The molecule has 0 aliphatic carbocycles. The number of urea groups is 1. The van der Waals surface area contributed by atoms with Crippen LogP contribution in [0.25, 0.3) is 0 Å². The van der Waals surface area contributed by atoms with Crippen molar-refractivity contribution >= 4 is 11.9 Å². The van der Waals surface area contributed by atoms with Crippen LogP contribution in [0.2, 0.25) is 0 Å². The standard InChI is InChI=1S/C12H17N3O3/c1-9(11(16)15-12(13)17)14-7-8-18-10-5-3-2-4-6-10/h2-6,9,14H,7-8H2,1H3,(H3,13,15,16,17). The Morgan fingerprint density at radius 1 is 1.33 bits per heavy atom. The first-order valence-corrected chi connectivity index (χ1v) is 5.61. The van der Waals surface area contributed by atoms with Crippen molar-refractivity contribution in [1.29, 1.82) is 0 Å². The fraction of sp³-hybridized carbons (Fsp3) is 0.333. The van der Waals surface area contributed by atoms with Gasteiger partial charge in [0, 0.05) is 6.54 Å². The summed E-state index contributed by atoms with van der Waals surface area (Å²) in [5.74, 6) is 0.316. The maximum Gasteiger partial charge on any atom is 0.318 e. The Labute approximate surface area is 105 Å². The van der Waals surface area contributed by atoms with Crippen LogP contribution < -0.4 is 21.1 Å². The Morgan fingerprint density at radius 3 is 2.61 bits per heavy atom. The summed E-state index contributed by atoms with van der Waals surface area (Å²) in [6.45, 7) is 2.56. The van der Waals surface area contributed by atoms with Gasteiger partial charge in [-0.3, -0.25) is 10.1 Å². The highest BCUT2D eigenvalue weighted by atomic mass is 16.5. The van der Waals surface area contributed by atoms with Crippen LogP contribution in [0, 0.1) is 0 Å². The number of carbonyl (C=O) groups excluding carboxylic acids is 2. The smallest absolute Gasteiger partial charge is 0.318 e. The maximum absolute atomic E-state index is 11.3. The summed E-state index contributed by atoms with van der Waals surface area (Å²) in [4.78, 5) is 21.8. The number of rotatable bonds is 6. The van der Waals surface area contributed by atoms with Crippen molar-refractivity contribution in [3.63, 3.8) is 0 Å². The highest BCUT2D eigenvalue weighted by molar-refractivity contribution is 5.96. The fourth-order valence-corrected chi connectivity index (χ4v) is 1.28. The minimum Gasteiger partial charge on any atom is -0.492 e. The first kappa shape index (κ1) is 14.0. The van der Waals surface area contributed by atoms with Gasteiger partial charge < -0.3 is 15.8 Å². The van der Waals surface area contributed by atoms with Crippen molar-refractivity contribution in [1.82, 2.24) is 10.6 Å². The Morgan fingerprint density at radius 2 is 2.00 bits per heavy atom. The molecular formula is C12H17N3O3. The third-order valence-corrected chi connectivity index (χ3v) is 2.20. The second kappa shape index (κ2) is 7.29. The maximum atomic E-state index is 11.3. The van der Waals surface area contributed by atoms with E-state index in [2.05, 4.69) is 5.32 Å². The van der Waals surface area contributed by atoms with Gasteiger partial charge in [-0.05, 0) is 19.1 Å². The second-order valence-corrected chi connectivity index (χ2v) is 3.69. The van der Waals surface area contributed by atoms with Crippen LogP contribution in [0.15, 0.2) is 30.3 Å². The van der Waals surface area contributed by atoms with E-state index in [0.29, 0.717) is 13.2 Å². The summed E-state index contributed by atoms with van der Waals surface area (Å²) < 4.78 is 5.43. The van der Waals surface area contributed by atoms with Gasteiger partial charge in [0.15, 0.2) is 0 Å². The molecule has 0 heterocycles. The topological polar surface area (TPSA) is 93.4 Å². The number of hydrogen-bond donors (Lipinski definition) is 3. The minimum absolute atomic E-state index is 0.429. The lowest BCUT2D eigenvalue weighted by molar-refractivity contribution is -0.121. The summed E-state index contributed by atoms with van der Waals surface area (Å²) in [5, 5.41) is 4.91. The van der Waals surface area contributed by atoms with E-state index in [1.54, 1.807) is 6.92 Å². The largest absolute Gasteiger partial charge is 0.492 e. The van der Waals surface area contributed by atoms with Crippen LogP contribution >= 0.6 is 0 Å². The summed E-state index contributed by atoms with van der Waals surface area (Å²) in [7, 11) is 0. The third-order valence-electron chi connectivity index (χ3n) is 2.20. The molecule has 3 amide bonds. The van der Waals surface area contributed by atoms with Gasteiger partial charge in [-0.25, -0.2) is 4.79 Å². The van der Waals surface area contributed by atoms with E-state index in [9.17, 15) is 9.59 Å². The van der Waals surface area contributed by atoms with Crippen LogP contribution in [-0.4, -0.2) is 31.1 Å². The van der Waals surface area contributed by atoms with Crippen molar-refractivity contribution in [2.75, 3.05) is 13.2 Å². The lowest BCUT2D eigenvalue weighted by Crippen LogP contribution is -2.47. The molecular weight excluding hydrogens is 234 g/mol. The highest BCUT2D eigenvalue weighted by Crippen LogP contribution is 2.07. The molecule has 1 rings (SSSR count). The summed E-state index contributed by atoms with van der Waals surface area (Å²) >= 11 is 0. The van der Waals surface area contributed by atoms with Gasteiger partial charge >= 0.3 is 6.03 Å². The van der Waals surface area contributed by atoms with Gasteiger partial charge in [0.2, 0.25) is 5.91 Å². The highest BCUT2D eigenvalue weighted by Gasteiger charge is 2.12. The van der Waals surface area contributed by atoms with Crippen molar-refractivity contribution in [2.45, 2.75) is 13.0 Å². The van der Waals surface area contributed by atoms with E-state index in [4.69, 9.17) is 10.5 Å². The Balaban J connectivity index is 2.18. The molecule has 0 fully saturated rings. The van der Waals surface area contributed by atoms with Crippen molar-refractivity contribution < 1.29 is 14.3 Å². The molecule has 0 aliphatic rings. The predicted octanol–water partition coefficient (Wildman–Crippen LogP) is 0.238. The van der Waals surface area contributed by atoms with Crippen LogP contribution in [0.3, 0.4) is 0 Å². The van der Waals surface area contributed by atoms with Gasteiger partial charge in [-0.15, -0.1) is 0 Å². The van der Waals surface area contributed by atoms with Gasteiger partial charge in [-0.2, -0.15) is 0 Å². The number of benzene rings is 1. The van der Waals surface area contributed by atoms with Crippen molar-refractivity contribution in [3.05, 3.63) is 30.3 Å². The van der Waals surface area contributed by atoms with Crippen LogP contribution in [0.4, 0.5) is 4.79 Å². The molecule has 1 unspecified atom stereocenters. The predicted molar refractivity (Wildman–Crippen MR) is 67.1 cm³/mol. The first-order valence-electron chi connectivity index (χ1n) is 5.61. The molecule has 6 heteroatoms. The number of nitrogens with one attached hydrogen (secondary N) is 2. The number of primary amides is 1. The average Bonchev–Trinajstić information content (AvgIpc) is 2.34. The number of amides is 3. The third kappa shape index (κ3) is 5.31. The second-order valence-electron chi connectivity index (χ2n) is 3.69. The number of carbonyl (C=O) groups is 2. The quantitative estimate of drug-likeness (QED) is 0.631. The van der Waals surface area contributed by atoms with Gasteiger partial charge in [-0.1, -0.05) is 18.2 Å². The number of hydrogen-bond acceptors (Lipinski definition) is 4. The van der Waals surface area contributed by atoms with E-state index < -0.39 is 18.0 Å². The van der Waals surface area contributed by atoms with E-state index in [0.717, 1.165) is 5.75 Å². The Kier molecular flexibility index (Phi) is 5.66. The lowest BCUT2D eigenvalue weighted by atomic mass is 10.3. The average molecular weight is 251 g/mol. The van der Waals surface area contributed by atoms with Crippen LogP contribution in [0.1, 0.15) is 6.92 Å². The molecule has 0 saturated heterocycles. The minimum atomic E-state index is -0.853. The zero-order valence-electron chi connectivity index (χ0n) is 10.2.